The summed E-state index contributed by atoms with van der Waals surface area (Å²) in [6.07, 6.45) is 6.24. The Labute approximate surface area is 197 Å². The van der Waals surface area contributed by atoms with E-state index in [-0.39, 0.29) is 11.5 Å². The van der Waals surface area contributed by atoms with Gasteiger partial charge in [-0.05, 0) is 37.0 Å². The molecule has 3 aromatic heterocycles. The summed E-state index contributed by atoms with van der Waals surface area (Å²) >= 11 is 0. The number of fused-ring (bicyclic) bond motifs is 1. The van der Waals surface area contributed by atoms with Crippen molar-refractivity contribution in [1.29, 1.82) is 0 Å². The number of carbonyl (C=O) groups excluding carboxylic acids is 1. The van der Waals surface area contributed by atoms with Crippen LogP contribution < -0.4 is 11.0 Å². The molecule has 0 saturated carbocycles. The van der Waals surface area contributed by atoms with E-state index in [1.54, 1.807) is 0 Å². The Bertz CT molecular complexity index is 1210. The monoisotopic (exact) mass is 465 g/mol. The summed E-state index contributed by atoms with van der Waals surface area (Å²) < 4.78 is 5.56. The summed E-state index contributed by atoms with van der Waals surface area (Å²) in [6.45, 7) is 8.69. The zero-order valence-electron chi connectivity index (χ0n) is 19.5. The lowest BCUT2D eigenvalue weighted by atomic mass is 10.1. The Morgan fingerprint density at radius 1 is 1.09 bits per heavy atom. The number of aryl methyl sites for hydroxylation is 1. The smallest absolute Gasteiger partial charge is 0.287 e. The summed E-state index contributed by atoms with van der Waals surface area (Å²) in [5.74, 6) is 0.354. The van der Waals surface area contributed by atoms with Gasteiger partial charge in [-0.25, -0.2) is 9.99 Å². The fourth-order valence-corrected chi connectivity index (χ4v) is 4.59. The summed E-state index contributed by atoms with van der Waals surface area (Å²) in [5, 5.41) is 1.93. The molecule has 0 radical (unpaired) electrons. The summed E-state index contributed by atoms with van der Waals surface area (Å²) in [7, 11) is 0. The van der Waals surface area contributed by atoms with E-state index in [4.69, 9.17) is 4.42 Å². The van der Waals surface area contributed by atoms with Crippen LogP contribution in [0.25, 0.3) is 11.0 Å². The standard InChI is InChI=1S/C24H31N7O3/c1-2-18-12-19-20(27-23(18)32)11-17(13-25-19)14-29-7-9-30(10-8-29)15-22-26-21(16-34-22)24(33)28-31-5-3-4-6-31/h11-13,16H,2-10,14-15H2,1H3,(H,27,32)(H,28,33). The Hall–Kier alpha value is -3.08. The number of rotatable bonds is 7. The van der Waals surface area contributed by atoms with Crippen LogP contribution >= 0.6 is 0 Å². The molecule has 0 unspecified atom stereocenters. The van der Waals surface area contributed by atoms with Gasteiger partial charge >= 0.3 is 0 Å². The summed E-state index contributed by atoms with van der Waals surface area (Å²) in [4.78, 5) is 41.0. The van der Waals surface area contributed by atoms with Gasteiger partial charge in [-0.3, -0.25) is 29.8 Å². The maximum absolute atomic E-state index is 12.3. The number of nitrogens with one attached hydrogen (secondary N) is 2. The highest BCUT2D eigenvalue weighted by Crippen LogP contribution is 2.15. The normalized spacial score (nSPS) is 18.0. The number of hydrogen-bond acceptors (Lipinski definition) is 8. The maximum atomic E-state index is 12.3. The van der Waals surface area contributed by atoms with Crippen LogP contribution in [-0.2, 0) is 19.5 Å². The number of aromatic nitrogens is 3. The molecule has 2 aliphatic heterocycles. The van der Waals surface area contributed by atoms with Crippen molar-refractivity contribution >= 4 is 16.9 Å². The second-order valence-electron chi connectivity index (χ2n) is 9.07. The van der Waals surface area contributed by atoms with Gasteiger partial charge in [0.15, 0.2) is 5.69 Å². The maximum Gasteiger partial charge on any atom is 0.287 e. The number of pyridine rings is 2. The van der Waals surface area contributed by atoms with Crippen LogP contribution in [-0.4, -0.2) is 74.9 Å². The van der Waals surface area contributed by atoms with Gasteiger partial charge in [-0.2, -0.15) is 0 Å². The van der Waals surface area contributed by atoms with E-state index >= 15 is 0 Å². The number of oxazole rings is 1. The lowest BCUT2D eigenvalue weighted by molar-refractivity contribution is 0.0820. The number of piperazine rings is 1. The van der Waals surface area contributed by atoms with E-state index in [0.29, 0.717) is 24.6 Å². The fraction of sp³-hybridized carbons (Fsp3) is 0.500. The summed E-state index contributed by atoms with van der Waals surface area (Å²) in [5.41, 5.74) is 6.63. The van der Waals surface area contributed by atoms with E-state index in [2.05, 4.69) is 30.2 Å². The number of carbonyl (C=O) groups is 1. The molecule has 34 heavy (non-hydrogen) atoms. The summed E-state index contributed by atoms with van der Waals surface area (Å²) in [6, 6.07) is 3.90. The number of hydrazine groups is 1. The van der Waals surface area contributed by atoms with Crippen LogP contribution in [0.4, 0.5) is 0 Å². The molecule has 0 bridgehead atoms. The topological polar surface area (TPSA) is 111 Å². The first-order chi connectivity index (χ1) is 16.6. The third kappa shape index (κ3) is 5.19. The first kappa shape index (κ1) is 22.7. The third-order valence-electron chi connectivity index (χ3n) is 6.59. The largest absolute Gasteiger partial charge is 0.447 e. The van der Waals surface area contributed by atoms with Crippen LogP contribution in [0, 0.1) is 0 Å². The highest BCUT2D eigenvalue weighted by Gasteiger charge is 2.21. The van der Waals surface area contributed by atoms with Gasteiger partial charge < -0.3 is 9.40 Å². The van der Waals surface area contributed by atoms with Crippen molar-refractivity contribution in [3.8, 4) is 0 Å². The van der Waals surface area contributed by atoms with Gasteiger partial charge in [0.25, 0.3) is 11.5 Å². The molecule has 0 atom stereocenters. The lowest BCUT2D eigenvalue weighted by Crippen LogP contribution is -2.45. The zero-order chi connectivity index (χ0) is 23.5. The zero-order valence-corrected chi connectivity index (χ0v) is 19.5. The van der Waals surface area contributed by atoms with Crippen molar-refractivity contribution in [2.24, 2.45) is 0 Å². The molecule has 2 aliphatic rings. The molecule has 10 nitrogen and oxygen atoms in total. The second-order valence-corrected chi connectivity index (χ2v) is 9.07. The number of hydrogen-bond donors (Lipinski definition) is 2. The van der Waals surface area contributed by atoms with Gasteiger partial charge in [-0.15, -0.1) is 0 Å². The predicted molar refractivity (Wildman–Crippen MR) is 127 cm³/mol. The minimum absolute atomic E-state index is 0.0363. The average molecular weight is 466 g/mol. The molecule has 5 heterocycles. The van der Waals surface area contributed by atoms with Gasteiger partial charge in [0.05, 0.1) is 17.6 Å². The molecule has 2 N–H and O–H groups in total. The van der Waals surface area contributed by atoms with Crippen molar-refractivity contribution < 1.29 is 9.21 Å². The van der Waals surface area contributed by atoms with Crippen LogP contribution in [0.2, 0.25) is 0 Å². The van der Waals surface area contributed by atoms with E-state index in [1.165, 1.54) is 6.26 Å². The van der Waals surface area contributed by atoms with Crippen LogP contribution in [0.15, 0.2) is 33.8 Å². The van der Waals surface area contributed by atoms with Crippen molar-refractivity contribution in [1.82, 2.24) is 35.2 Å². The number of H-pyrrole nitrogens is 1. The molecular weight excluding hydrogens is 434 g/mol. The molecule has 3 aromatic rings. The van der Waals surface area contributed by atoms with Gasteiger partial charge in [0, 0.05) is 57.6 Å². The SMILES string of the molecule is CCc1cc2ncc(CN3CCN(Cc4nc(C(=O)NN5CCCC5)co4)CC3)cc2[nH]c1=O. The molecule has 2 saturated heterocycles. The Balaban J connectivity index is 1.12. The lowest BCUT2D eigenvalue weighted by Gasteiger charge is -2.33. The second kappa shape index (κ2) is 10.0. The number of aromatic amines is 1. The highest BCUT2D eigenvalue weighted by molar-refractivity contribution is 5.91. The molecule has 180 valence electrons. The van der Waals surface area contributed by atoms with Crippen molar-refractivity contribution in [2.45, 2.75) is 39.3 Å². The van der Waals surface area contributed by atoms with Gasteiger partial charge in [0.1, 0.15) is 6.26 Å². The van der Waals surface area contributed by atoms with Crippen molar-refractivity contribution in [3.05, 3.63) is 57.7 Å². The van der Waals surface area contributed by atoms with Gasteiger partial charge in [0.2, 0.25) is 5.89 Å². The van der Waals surface area contributed by atoms with Gasteiger partial charge in [-0.1, -0.05) is 6.92 Å². The predicted octanol–water partition coefficient (Wildman–Crippen LogP) is 1.53. The number of amides is 1. The highest BCUT2D eigenvalue weighted by atomic mass is 16.3. The first-order valence-corrected chi connectivity index (χ1v) is 12.0. The fourth-order valence-electron chi connectivity index (χ4n) is 4.59. The third-order valence-corrected chi connectivity index (χ3v) is 6.59. The van der Waals surface area contributed by atoms with Crippen molar-refractivity contribution in [3.63, 3.8) is 0 Å². The minimum atomic E-state index is -0.210. The molecule has 10 heteroatoms. The number of nitrogens with zero attached hydrogens (tertiary/aromatic N) is 5. The molecular formula is C24H31N7O3. The van der Waals surface area contributed by atoms with Crippen LogP contribution in [0.3, 0.4) is 0 Å². The quantitative estimate of drug-likeness (QED) is 0.541. The molecule has 0 aromatic carbocycles. The molecule has 0 aliphatic carbocycles. The van der Waals surface area contributed by atoms with E-state index < -0.39 is 0 Å². The Morgan fingerprint density at radius 3 is 2.56 bits per heavy atom. The minimum Gasteiger partial charge on any atom is -0.447 e. The van der Waals surface area contributed by atoms with E-state index in [0.717, 1.165) is 80.8 Å². The molecule has 0 spiro atoms. The van der Waals surface area contributed by atoms with Crippen LogP contribution in [0.1, 0.15) is 47.3 Å². The van der Waals surface area contributed by atoms with E-state index in [1.807, 2.05) is 30.3 Å². The molecule has 5 rings (SSSR count). The van der Waals surface area contributed by atoms with Crippen molar-refractivity contribution in [2.75, 3.05) is 39.3 Å². The van der Waals surface area contributed by atoms with Crippen LogP contribution in [0.5, 0.6) is 0 Å². The Kier molecular flexibility index (Phi) is 6.70. The van der Waals surface area contributed by atoms with E-state index in [9.17, 15) is 9.59 Å². The molecule has 1 amide bonds. The first-order valence-electron chi connectivity index (χ1n) is 12.0. The Morgan fingerprint density at radius 2 is 1.82 bits per heavy atom. The average Bonchev–Trinajstić information content (AvgIpc) is 3.52. The molecule has 2 fully saturated rings.